The zero-order chi connectivity index (χ0) is 9.68. The summed E-state index contributed by atoms with van der Waals surface area (Å²) in [7, 11) is 0. The molecule has 1 rings (SSSR count). The van der Waals surface area contributed by atoms with Crippen LogP contribution >= 0.6 is 11.3 Å². The van der Waals surface area contributed by atoms with E-state index in [9.17, 15) is 4.79 Å². The number of nitrogens with one attached hydrogen (secondary N) is 1. The predicted octanol–water partition coefficient (Wildman–Crippen LogP) is 0.703. The van der Waals surface area contributed by atoms with Gasteiger partial charge in [0.15, 0.2) is 0 Å². The summed E-state index contributed by atoms with van der Waals surface area (Å²) in [5.74, 6) is -0.0909. The maximum absolute atomic E-state index is 10.8. The fraction of sp³-hybridized carbons (Fsp3) is 0.500. The fourth-order valence-corrected chi connectivity index (χ4v) is 1.76. The number of carbonyl (C=O) groups is 1. The lowest BCUT2D eigenvalue weighted by atomic mass is 10.2. The number of carbonyl (C=O) groups excluding carboxylic acids is 1. The van der Waals surface area contributed by atoms with Gasteiger partial charge >= 0.3 is 0 Å². The average Bonchev–Trinajstić information content (AvgIpc) is 2.54. The smallest absolute Gasteiger partial charge is 0.217 e. The van der Waals surface area contributed by atoms with Gasteiger partial charge in [0.25, 0.3) is 0 Å². The SMILES string of the molecule is CC(=O)N[C@H](CCO)c1cncs1. The highest BCUT2D eigenvalue weighted by Gasteiger charge is 2.12. The van der Waals surface area contributed by atoms with Crippen LogP contribution in [0.5, 0.6) is 0 Å². The summed E-state index contributed by atoms with van der Waals surface area (Å²) >= 11 is 1.48. The third kappa shape index (κ3) is 3.12. The van der Waals surface area contributed by atoms with Crippen molar-refractivity contribution in [3.63, 3.8) is 0 Å². The number of thiazole rings is 1. The third-order valence-electron chi connectivity index (χ3n) is 1.59. The molecule has 5 heteroatoms. The number of aromatic nitrogens is 1. The Balaban J connectivity index is 2.62. The van der Waals surface area contributed by atoms with Crippen LogP contribution in [0.1, 0.15) is 24.3 Å². The monoisotopic (exact) mass is 200 g/mol. The fourth-order valence-electron chi connectivity index (χ4n) is 1.06. The first-order chi connectivity index (χ1) is 6.24. The summed E-state index contributed by atoms with van der Waals surface area (Å²) in [6.45, 7) is 1.52. The molecule has 0 saturated heterocycles. The second kappa shape index (κ2) is 4.94. The molecule has 1 aromatic heterocycles. The van der Waals surface area contributed by atoms with E-state index in [-0.39, 0.29) is 18.6 Å². The minimum Gasteiger partial charge on any atom is -0.396 e. The van der Waals surface area contributed by atoms with Gasteiger partial charge in [-0.3, -0.25) is 9.78 Å². The molecule has 0 saturated carbocycles. The van der Waals surface area contributed by atoms with E-state index in [0.717, 1.165) is 4.88 Å². The Morgan fingerprint density at radius 2 is 2.62 bits per heavy atom. The molecule has 0 aromatic carbocycles. The summed E-state index contributed by atoms with van der Waals surface area (Å²) in [4.78, 5) is 15.7. The van der Waals surface area contributed by atoms with E-state index in [1.54, 1.807) is 11.7 Å². The van der Waals surface area contributed by atoms with Crippen LogP contribution in [0.3, 0.4) is 0 Å². The van der Waals surface area contributed by atoms with E-state index in [2.05, 4.69) is 10.3 Å². The Morgan fingerprint density at radius 3 is 3.08 bits per heavy atom. The van der Waals surface area contributed by atoms with Crippen molar-refractivity contribution < 1.29 is 9.90 Å². The first kappa shape index (κ1) is 10.1. The van der Waals surface area contributed by atoms with E-state index in [0.29, 0.717) is 6.42 Å². The number of hydrogen-bond acceptors (Lipinski definition) is 4. The van der Waals surface area contributed by atoms with Crippen molar-refractivity contribution in [2.45, 2.75) is 19.4 Å². The second-order valence-electron chi connectivity index (χ2n) is 2.67. The summed E-state index contributed by atoms with van der Waals surface area (Å²) in [6.07, 6.45) is 2.24. The van der Waals surface area contributed by atoms with Crippen LogP contribution in [-0.4, -0.2) is 22.6 Å². The van der Waals surface area contributed by atoms with Gasteiger partial charge in [-0.15, -0.1) is 11.3 Å². The highest BCUT2D eigenvalue weighted by Crippen LogP contribution is 2.19. The van der Waals surface area contributed by atoms with Gasteiger partial charge in [0.2, 0.25) is 5.91 Å². The summed E-state index contributed by atoms with van der Waals surface area (Å²) in [6, 6.07) is -0.102. The molecule has 0 unspecified atom stereocenters. The maximum atomic E-state index is 10.8. The molecule has 0 aliphatic rings. The van der Waals surface area contributed by atoms with E-state index >= 15 is 0 Å². The molecule has 0 bridgehead atoms. The van der Waals surface area contributed by atoms with Gasteiger partial charge < -0.3 is 10.4 Å². The molecular formula is C8H12N2O2S. The van der Waals surface area contributed by atoms with E-state index in [1.165, 1.54) is 18.3 Å². The van der Waals surface area contributed by atoms with Crippen LogP contribution in [0.15, 0.2) is 11.7 Å². The lowest BCUT2D eigenvalue weighted by Crippen LogP contribution is -2.26. The Labute approximate surface area is 80.6 Å². The molecule has 2 N–H and O–H groups in total. The van der Waals surface area contributed by atoms with Crippen LogP contribution in [0.25, 0.3) is 0 Å². The largest absolute Gasteiger partial charge is 0.396 e. The highest BCUT2D eigenvalue weighted by molar-refractivity contribution is 7.09. The molecule has 0 aliphatic heterocycles. The minimum atomic E-state index is -0.102. The van der Waals surface area contributed by atoms with Crippen molar-refractivity contribution in [1.82, 2.24) is 10.3 Å². The molecule has 1 atom stereocenters. The van der Waals surface area contributed by atoms with Crippen molar-refractivity contribution in [3.05, 3.63) is 16.6 Å². The Hall–Kier alpha value is -0.940. The zero-order valence-electron chi connectivity index (χ0n) is 7.36. The first-order valence-electron chi connectivity index (χ1n) is 4.00. The number of aliphatic hydroxyl groups excluding tert-OH is 1. The van der Waals surface area contributed by atoms with Crippen LogP contribution in [-0.2, 0) is 4.79 Å². The lowest BCUT2D eigenvalue weighted by molar-refractivity contribution is -0.119. The van der Waals surface area contributed by atoms with Crippen LogP contribution in [0.4, 0.5) is 0 Å². The number of nitrogens with zero attached hydrogens (tertiary/aromatic N) is 1. The molecule has 1 amide bonds. The van der Waals surface area contributed by atoms with E-state index in [4.69, 9.17) is 5.11 Å². The normalized spacial score (nSPS) is 12.5. The van der Waals surface area contributed by atoms with Gasteiger partial charge in [-0.2, -0.15) is 0 Å². The molecule has 0 spiro atoms. The Morgan fingerprint density at radius 1 is 1.85 bits per heavy atom. The van der Waals surface area contributed by atoms with Crippen molar-refractivity contribution in [1.29, 1.82) is 0 Å². The number of amides is 1. The quantitative estimate of drug-likeness (QED) is 0.752. The number of hydrogen-bond donors (Lipinski definition) is 2. The van der Waals surface area contributed by atoms with Gasteiger partial charge in [0, 0.05) is 24.6 Å². The van der Waals surface area contributed by atoms with Crippen molar-refractivity contribution in [3.8, 4) is 0 Å². The van der Waals surface area contributed by atoms with E-state index < -0.39 is 0 Å². The van der Waals surface area contributed by atoms with Gasteiger partial charge in [-0.25, -0.2) is 0 Å². The predicted molar refractivity (Wildman–Crippen MR) is 50.4 cm³/mol. The minimum absolute atomic E-state index is 0.0584. The summed E-state index contributed by atoms with van der Waals surface area (Å²) < 4.78 is 0. The van der Waals surface area contributed by atoms with E-state index in [1.807, 2.05) is 0 Å². The van der Waals surface area contributed by atoms with Crippen molar-refractivity contribution in [2.24, 2.45) is 0 Å². The highest BCUT2D eigenvalue weighted by atomic mass is 32.1. The average molecular weight is 200 g/mol. The van der Waals surface area contributed by atoms with Crippen molar-refractivity contribution >= 4 is 17.2 Å². The van der Waals surface area contributed by atoms with Crippen LogP contribution < -0.4 is 5.32 Å². The van der Waals surface area contributed by atoms with Gasteiger partial charge in [0.1, 0.15) is 0 Å². The zero-order valence-corrected chi connectivity index (χ0v) is 8.17. The molecular weight excluding hydrogens is 188 g/mol. The topological polar surface area (TPSA) is 62.2 Å². The van der Waals surface area contributed by atoms with Gasteiger partial charge in [-0.1, -0.05) is 0 Å². The first-order valence-corrected chi connectivity index (χ1v) is 4.88. The molecule has 4 nitrogen and oxygen atoms in total. The molecule has 72 valence electrons. The number of rotatable bonds is 4. The molecule has 1 aromatic rings. The summed E-state index contributed by atoms with van der Waals surface area (Å²) in [5.41, 5.74) is 1.71. The Kier molecular flexibility index (Phi) is 3.85. The molecule has 0 fully saturated rings. The maximum Gasteiger partial charge on any atom is 0.217 e. The molecule has 13 heavy (non-hydrogen) atoms. The molecule has 1 heterocycles. The molecule has 0 radical (unpaired) electrons. The lowest BCUT2D eigenvalue weighted by Gasteiger charge is -2.13. The Bertz CT molecular complexity index is 261. The van der Waals surface area contributed by atoms with Crippen LogP contribution in [0, 0.1) is 0 Å². The standard InChI is InChI=1S/C8H12N2O2S/c1-6(12)10-7(2-3-11)8-4-9-5-13-8/h4-5,7,11H,2-3H2,1H3,(H,10,12)/t7-/m1/s1. The third-order valence-corrected chi connectivity index (χ3v) is 2.48. The van der Waals surface area contributed by atoms with Gasteiger partial charge in [0.05, 0.1) is 11.6 Å². The van der Waals surface area contributed by atoms with Crippen molar-refractivity contribution in [2.75, 3.05) is 6.61 Å². The number of aliphatic hydroxyl groups is 1. The van der Waals surface area contributed by atoms with Gasteiger partial charge in [-0.05, 0) is 6.42 Å². The summed E-state index contributed by atoms with van der Waals surface area (Å²) in [5, 5.41) is 11.5. The second-order valence-corrected chi connectivity index (χ2v) is 3.59. The molecule has 0 aliphatic carbocycles. The van der Waals surface area contributed by atoms with Crippen LogP contribution in [0.2, 0.25) is 0 Å².